The van der Waals surface area contributed by atoms with Gasteiger partial charge in [0.2, 0.25) is 0 Å². The van der Waals surface area contributed by atoms with Crippen LogP contribution in [0, 0.1) is 0 Å². The predicted molar refractivity (Wildman–Crippen MR) is 113 cm³/mol. The van der Waals surface area contributed by atoms with Crippen LogP contribution in [0.3, 0.4) is 0 Å². The second-order valence-electron chi connectivity index (χ2n) is 8.06. The fourth-order valence-electron chi connectivity index (χ4n) is 3.70. The molecular weight excluding hydrogens is 420 g/mol. The molecule has 9 heteroatoms. The van der Waals surface area contributed by atoms with E-state index in [1.165, 1.54) is 6.07 Å². The second-order valence-corrected chi connectivity index (χ2v) is 8.06. The Morgan fingerprint density at radius 3 is 2.12 bits per heavy atom. The number of aliphatic hydroxyl groups is 1. The molecule has 0 spiro atoms. The van der Waals surface area contributed by atoms with Crippen molar-refractivity contribution in [3.8, 4) is 11.1 Å². The molecule has 1 aliphatic carbocycles. The van der Waals surface area contributed by atoms with Crippen molar-refractivity contribution in [3.63, 3.8) is 0 Å². The van der Waals surface area contributed by atoms with Crippen LogP contribution >= 0.6 is 0 Å². The average Bonchev–Trinajstić information content (AvgIpc) is 3.57. The lowest BCUT2D eigenvalue weighted by molar-refractivity contribution is -0.143. The molecule has 0 unspecified atom stereocenters. The molecule has 2 fully saturated rings. The molecule has 0 bridgehead atoms. The Kier molecular flexibility index (Phi) is 5.92. The number of carbonyl (C=O) groups excluding carboxylic acids is 3. The predicted octanol–water partition coefficient (Wildman–Crippen LogP) is 2.37. The highest BCUT2D eigenvalue weighted by Crippen LogP contribution is 2.37. The number of halogens is 2. The minimum absolute atomic E-state index is 0.147. The zero-order valence-electron chi connectivity index (χ0n) is 17.3. The van der Waals surface area contributed by atoms with E-state index in [4.69, 9.17) is 0 Å². The lowest BCUT2D eigenvalue weighted by atomic mass is 10.0. The van der Waals surface area contributed by atoms with Gasteiger partial charge < -0.3 is 20.2 Å². The molecule has 2 aromatic rings. The molecular formula is C23H23F2N3O4. The van der Waals surface area contributed by atoms with Crippen LogP contribution in [-0.4, -0.2) is 70.8 Å². The summed E-state index contributed by atoms with van der Waals surface area (Å²) >= 11 is 0. The highest BCUT2D eigenvalue weighted by atomic mass is 19.3. The van der Waals surface area contributed by atoms with Gasteiger partial charge in [0.15, 0.2) is 0 Å². The Morgan fingerprint density at radius 1 is 0.906 bits per heavy atom. The van der Waals surface area contributed by atoms with Crippen molar-refractivity contribution in [3.05, 3.63) is 54.1 Å². The maximum atomic E-state index is 12.8. The van der Waals surface area contributed by atoms with E-state index in [2.05, 4.69) is 5.32 Å². The second kappa shape index (κ2) is 8.66. The molecule has 4 rings (SSSR count). The molecule has 0 radical (unpaired) electrons. The molecule has 1 aliphatic heterocycles. The number of alkyl halides is 2. The monoisotopic (exact) mass is 443 g/mol. The third kappa shape index (κ3) is 4.62. The molecule has 2 aliphatic rings. The quantitative estimate of drug-likeness (QED) is 0.743. The number of hydrogen-bond donors (Lipinski definition) is 2. The minimum Gasteiger partial charge on any atom is -0.380 e. The summed E-state index contributed by atoms with van der Waals surface area (Å²) in [7, 11) is 0. The molecule has 2 aromatic carbocycles. The number of anilines is 1. The molecule has 0 aromatic heterocycles. The van der Waals surface area contributed by atoms with E-state index in [9.17, 15) is 28.3 Å². The molecule has 7 nitrogen and oxygen atoms in total. The molecule has 1 heterocycles. The van der Waals surface area contributed by atoms with Crippen LogP contribution in [0.4, 0.5) is 14.5 Å². The van der Waals surface area contributed by atoms with Gasteiger partial charge in [-0.25, -0.2) is 0 Å². The zero-order valence-corrected chi connectivity index (χ0v) is 17.3. The van der Waals surface area contributed by atoms with Crippen molar-refractivity contribution in [1.82, 2.24) is 9.80 Å². The van der Waals surface area contributed by atoms with Crippen LogP contribution in [0.2, 0.25) is 0 Å². The molecule has 168 valence electrons. The first-order valence-corrected chi connectivity index (χ1v) is 10.4. The fraction of sp³-hybridized carbons (Fsp3) is 0.348. The molecule has 1 saturated carbocycles. The first kappa shape index (κ1) is 21.9. The van der Waals surface area contributed by atoms with Gasteiger partial charge in [-0.2, -0.15) is 8.78 Å². The van der Waals surface area contributed by atoms with Gasteiger partial charge in [0.25, 0.3) is 17.7 Å². The van der Waals surface area contributed by atoms with Crippen LogP contribution in [0.1, 0.15) is 23.2 Å². The van der Waals surface area contributed by atoms with Crippen LogP contribution < -0.4 is 5.32 Å². The summed E-state index contributed by atoms with van der Waals surface area (Å²) in [6.07, 6.45) is -2.10. The van der Waals surface area contributed by atoms with Crippen molar-refractivity contribution in [2.45, 2.75) is 24.9 Å². The number of nitrogens with zero attached hydrogens (tertiary/aromatic N) is 2. The molecule has 2 N–H and O–H groups in total. The largest absolute Gasteiger partial charge is 0.380 e. The number of rotatable bonds is 5. The summed E-state index contributed by atoms with van der Waals surface area (Å²) in [5.74, 6) is -1.76. The smallest absolute Gasteiger partial charge is 0.315 e. The van der Waals surface area contributed by atoms with Gasteiger partial charge in [-0.15, -0.1) is 0 Å². The number of benzene rings is 2. The van der Waals surface area contributed by atoms with Crippen molar-refractivity contribution < 1.29 is 28.3 Å². The number of nitrogens with one attached hydrogen (secondary N) is 1. The number of carbonyl (C=O) groups is 3. The van der Waals surface area contributed by atoms with Crippen molar-refractivity contribution in [2.75, 3.05) is 31.5 Å². The highest BCUT2D eigenvalue weighted by Gasteiger charge is 2.50. The summed E-state index contributed by atoms with van der Waals surface area (Å²) in [4.78, 5) is 39.5. The Balaban J connectivity index is 1.38. The maximum Gasteiger partial charge on any atom is 0.315 e. The van der Waals surface area contributed by atoms with E-state index >= 15 is 0 Å². The van der Waals surface area contributed by atoms with E-state index in [1.54, 1.807) is 52.3 Å². The summed E-state index contributed by atoms with van der Waals surface area (Å²) in [6.45, 7) is 1.58. The van der Waals surface area contributed by atoms with Gasteiger partial charge >= 0.3 is 6.43 Å². The van der Waals surface area contributed by atoms with Crippen molar-refractivity contribution in [2.24, 2.45) is 0 Å². The fourth-order valence-corrected chi connectivity index (χ4v) is 3.70. The molecule has 32 heavy (non-hydrogen) atoms. The van der Waals surface area contributed by atoms with E-state index < -0.39 is 17.9 Å². The van der Waals surface area contributed by atoms with Gasteiger partial charge in [0, 0.05) is 37.4 Å². The average molecular weight is 443 g/mol. The molecule has 3 amide bonds. The SMILES string of the molecule is O=C(Nc1cccc(-c2ccc(C(=O)N3CCN(C(=O)C4(O)CC4)CC3)cc2)c1)C(F)F. The third-order valence-corrected chi connectivity index (χ3v) is 5.77. The minimum atomic E-state index is -3.09. The van der Waals surface area contributed by atoms with Gasteiger partial charge in [-0.1, -0.05) is 24.3 Å². The van der Waals surface area contributed by atoms with Crippen LogP contribution in [-0.2, 0) is 9.59 Å². The van der Waals surface area contributed by atoms with Crippen LogP contribution in [0.15, 0.2) is 48.5 Å². The maximum absolute atomic E-state index is 12.8. The first-order chi connectivity index (χ1) is 15.3. The summed E-state index contributed by atoms with van der Waals surface area (Å²) in [5.41, 5.74) is 1.04. The summed E-state index contributed by atoms with van der Waals surface area (Å²) < 4.78 is 24.9. The standard InChI is InChI=1S/C23H23F2N3O4/c24-19(25)20(29)26-18-3-1-2-17(14-18)15-4-6-16(7-5-15)21(30)27-10-12-28(13-11-27)22(31)23(32)8-9-23/h1-7,14,19,32H,8-13H2,(H,26,29). The van der Waals surface area contributed by atoms with Gasteiger partial charge in [-0.05, 0) is 48.2 Å². The van der Waals surface area contributed by atoms with Gasteiger partial charge in [0.1, 0.15) is 5.60 Å². The Bertz CT molecular complexity index is 1030. The number of amides is 3. The lowest BCUT2D eigenvalue weighted by Crippen LogP contribution is -2.53. The number of piperazine rings is 1. The Hall–Kier alpha value is -3.33. The normalized spacial score (nSPS) is 17.2. The zero-order chi connectivity index (χ0) is 22.9. The molecule has 0 atom stereocenters. The van der Waals surface area contributed by atoms with Gasteiger partial charge in [-0.3, -0.25) is 14.4 Å². The Labute approximate surface area is 183 Å². The van der Waals surface area contributed by atoms with Crippen molar-refractivity contribution in [1.29, 1.82) is 0 Å². The van der Waals surface area contributed by atoms with E-state index in [-0.39, 0.29) is 17.5 Å². The Morgan fingerprint density at radius 2 is 1.53 bits per heavy atom. The van der Waals surface area contributed by atoms with Crippen molar-refractivity contribution >= 4 is 23.4 Å². The third-order valence-electron chi connectivity index (χ3n) is 5.77. The topological polar surface area (TPSA) is 90.0 Å². The number of hydrogen-bond acceptors (Lipinski definition) is 4. The van der Waals surface area contributed by atoms with Crippen LogP contribution in [0.25, 0.3) is 11.1 Å². The first-order valence-electron chi connectivity index (χ1n) is 10.4. The summed E-state index contributed by atoms with van der Waals surface area (Å²) in [5, 5.41) is 12.1. The highest BCUT2D eigenvalue weighted by molar-refractivity contribution is 5.96. The summed E-state index contributed by atoms with van der Waals surface area (Å²) in [6, 6.07) is 13.4. The van der Waals surface area contributed by atoms with E-state index in [1.807, 2.05) is 0 Å². The molecule has 1 saturated heterocycles. The van der Waals surface area contributed by atoms with Crippen LogP contribution in [0.5, 0.6) is 0 Å². The van der Waals surface area contributed by atoms with E-state index in [0.717, 1.165) is 5.56 Å². The lowest BCUT2D eigenvalue weighted by Gasteiger charge is -2.35. The van der Waals surface area contributed by atoms with Gasteiger partial charge in [0.05, 0.1) is 0 Å². The van der Waals surface area contributed by atoms with E-state index in [0.29, 0.717) is 50.1 Å².